The van der Waals surface area contributed by atoms with Crippen molar-refractivity contribution >= 4 is 45.5 Å². The van der Waals surface area contributed by atoms with Crippen LogP contribution in [-0.4, -0.2) is 37.8 Å². The summed E-state index contributed by atoms with van der Waals surface area (Å²) < 4.78 is 21.3. The molecule has 170 valence electrons. The predicted molar refractivity (Wildman–Crippen MR) is 122 cm³/mol. The molecular weight excluding hydrogens is 496 g/mol. The Balaban J connectivity index is 1.58. The molecule has 2 N–H and O–H groups in total. The summed E-state index contributed by atoms with van der Waals surface area (Å²) in [4.78, 5) is 37.6. The number of benzene rings is 2. The lowest BCUT2D eigenvalue weighted by molar-refractivity contribution is -0.129. The molecule has 2 amide bonds. The maximum atomic E-state index is 13.1. The summed E-state index contributed by atoms with van der Waals surface area (Å²) >= 11 is 3.19. The number of hydrogen-bond donors (Lipinski definition) is 2. The lowest BCUT2D eigenvalue weighted by Gasteiger charge is -2.15. The second kappa shape index (κ2) is 9.78. The van der Waals surface area contributed by atoms with Crippen LogP contribution in [0.3, 0.4) is 0 Å². The number of halogens is 1. The van der Waals surface area contributed by atoms with E-state index in [1.54, 1.807) is 42.5 Å². The molecule has 9 nitrogen and oxygen atoms in total. The molecule has 1 unspecified atom stereocenters. The zero-order valence-corrected chi connectivity index (χ0v) is 19.0. The highest BCUT2D eigenvalue weighted by molar-refractivity contribution is 9.11. The first-order valence-electron chi connectivity index (χ1n) is 9.87. The van der Waals surface area contributed by atoms with Gasteiger partial charge in [0.05, 0.1) is 12.7 Å². The van der Waals surface area contributed by atoms with E-state index in [1.165, 1.54) is 19.3 Å². The van der Waals surface area contributed by atoms with E-state index in [1.807, 2.05) is 0 Å². The summed E-state index contributed by atoms with van der Waals surface area (Å²) in [7, 11) is 1.27. The molecule has 0 spiro atoms. The van der Waals surface area contributed by atoms with Crippen LogP contribution in [0.5, 0.6) is 11.5 Å². The number of anilines is 1. The van der Waals surface area contributed by atoms with Crippen molar-refractivity contribution in [3.8, 4) is 11.5 Å². The van der Waals surface area contributed by atoms with E-state index in [9.17, 15) is 14.4 Å². The molecule has 0 bridgehead atoms. The molecule has 4 rings (SSSR count). The van der Waals surface area contributed by atoms with Crippen LogP contribution in [-0.2, 0) is 19.1 Å². The molecule has 2 aliphatic heterocycles. The number of amides is 2. The Morgan fingerprint density at radius 1 is 1.12 bits per heavy atom. The van der Waals surface area contributed by atoms with Crippen molar-refractivity contribution in [1.29, 1.82) is 0 Å². The van der Waals surface area contributed by atoms with Gasteiger partial charge in [-0.25, -0.2) is 4.79 Å². The van der Waals surface area contributed by atoms with E-state index in [2.05, 4.69) is 26.6 Å². The molecule has 0 aromatic heterocycles. The average Bonchev–Trinajstić information content (AvgIpc) is 3.46. The Kier molecular flexibility index (Phi) is 6.64. The first kappa shape index (κ1) is 22.4. The van der Waals surface area contributed by atoms with E-state index in [0.29, 0.717) is 33.8 Å². The summed E-state index contributed by atoms with van der Waals surface area (Å²) in [6.07, 6.45) is 2.84. The van der Waals surface area contributed by atoms with Crippen LogP contribution < -0.4 is 20.1 Å². The molecule has 2 aromatic carbocycles. The summed E-state index contributed by atoms with van der Waals surface area (Å²) in [5, 5.41) is 5.32. The average molecular weight is 515 g/mol. The van der Waals surface area contributed by atoms with Crippen molar-refractivity contribution in [2.75, 3.05) is 19.2 Å². The van der Waals surface area contributed by atoms with Crippen LogP contribution in [0, 0.1) is 0 Å². The van der Waals surface area contributed by atoms with Crippen LogP contribution in [0.2, 0.25) is 0 Å². The van der Waals surface area contributed by atoms with Gasteiger partial charge in [-0.1, -0.05) is 12.1 Å². The highest BCUT2D eigenvalue weighted by Crippen LogP contribution is 2.33. The maximum absolute atomic E-state index is 13.1. The minimum absolute atomic E-state index is 0.0195. The van der Waals surface area contributed by atoms with Crippen molar-refractivity contribution < 1.29 is 33.3 Å². The fraction of sp³-hybridized carbons (Fsp3) is 0.174. The van der Waals surface area contributed by atoms with Crippen molar-refractivity contribution in [2.24, 2.45) is 0 Å². The van der Waals surface area contributed by atoms with Gasteiger partial charge in [0.2, 0.25) is 6.79 Å². The van der Waals surface area contributed by atoms with Crippen molar-refractivity contribution in [2.45, 2.75) is 12.5 Å². The van der Waals surface area contributed by atoms with Crippen LogP contribution in [0.1, 0.15) is 22.3 Å². The minimum Gasteiger partial charge on any atom is -0.474 e. The smallest absolute Gasteiger partial charge is 0.337 e. The van der Waals surface area contributed by atoms with E-state index >= 15 is 0 Å². The van der Waals surface area contributed by atoms with Gasteiger partial charge in [-0.2, -0.15) is 0 Å². The highest BCUT2D eigenvalue weighted by atomic mass is 79.9. The van der Waals surface area contributed by atoms with Crippen LogP contribution >= 0.6 is 15.9 Å². The predicted octanol–water partition coefficient (Wildman–Crippen LogP) is 3.32. The monoisotopic (exact) mass is 514 g/mol. The molecule has 0 aliphatic carbocycles. The van der Waals surface area contributed by atoms with Crippen LogP contribution in [0.15, 0.2) is 58.9 Å². The Morgan fingerprint density at radius 3 is 2.70 bits per heavy atom. The van der Waals surface area contributed by atoms with E-state index in [4.69, 9.17) is 18.9 Å². The topological polar surface area (TPSA) is 112 Å². The molecule has 2 aromatic rings. The molecule has 10 heteroatoms. The maximum Gasteiger partial charge on any atom is 0.337 e. The molecule has 0 radical (unpaired) electrons. The number of carbonyl (C=O) groups excluding carboxylic acids is 3. The SMILES string of the molecule is COC(=O)c1cccc(NC(=O)/C(=C\c2ccc3c(c2)OCO3)NC(=O)C2CC=C(Br)O2)c1. The summed E-state index contributed by atoms with van der Waals surface area (Å²) in [5.74, 6) is -0.476. The van der Waals surface area contributed by atoms with Gasteiger partial charge in [0.1, 0.15) is 5.70 Å². The third-order valence-corrected chi connectivity index (χ3v) is 5.30. The molecular formula is C23H19BrN2O7. The number of nitrogens with one attached hydrogen (secondary N) is 2. The fourth-order valence-corrected chi connectivity index (χ4v) is 3.59. The normalized spacial score (nSPS) is 16.5. The first-order valence-corrected chi connectivity index (χ1v) is 10.7. The first-order chi connectivity index (χ1) is 15.9. The van der Waals surface area contributed by atoms with Gasteiger partial charge < -0.3 is 29.6 Å². The number of esters is 1. The largest absolute Gasteiger partial charge is 0.474 e. The minimum atomic E-state index is -0.769. The molecule has 0 saturated heterocycles. The van der Waals surface area contributed by atoms with Gasteiger partial charge in [0.25, 0.3) is 11.8 Å². The molecule has 33 heavy (non-hydrogen) atoms. The Hall–Kier alpha value is -3.79. The second-order valence-corrected chi connectivity index (χ2v) is 7.82. The number of ether oxygens (including phenoxy) is 4. The van der Waals surface area contributed by atoms with Crippen molar-refractivity contribution in [3.05, 3.63) is 70.0 Å². The number of hydrogen-bond acceptors (Lipinski definition) is 7. The van der Waals surface area contributed by atoms with E-state index in [0.717, 1.165) is 0 Å². The highest BCUT2D eigenvalue weighted by Gasteiger charge is 2.27. The number of carbonyl (C=O) groups is 3. The molecule has 1 atom stereocenters. The Labute approximate surface area is 197 Å². The summed E-state index contributed by atoms with van der Waals surface area (Å²) in [6.45, 7) is 0.115. The number of fused-ring (bicyclic) bond motifs is 1. The Bertz CT molecular complexity index is 1180. The molecule has 2 aliphatic rings. The quantitative estimate of drug-likeness (QED) is 0.449. The van der Waals surface area contributed by atoms with Gasteiger partial charge in [-0.05, 0) is 64.0 Å². The van der Waals surface area contributed by atoms with Gasteiger partial charge in [0.15, 0.2) is 22.3 Å². The summed E-state index contributed by atoms with van der Waals surface area (Å²) in [5.41, 5.74) is 1.22. The third-order valence-electron chi connectivity index (χ3n) is 4.79. The van der Waals surface area contributed by atoms with Crippen molar-refractivity contribution in [3.63, 3.8) is 0 Å². The van der Waals surface area contributed by atoms with Crippen LogP contribution in [0.4, 0.5) is 5.69 Å². The lowest BCUT2D eigenvalue weighted by atomic mass is 10.1. The van der Waals surface area contributed by atoms with Crippen LogP contribution in [0.25, 0.3) is 6.08 Å². The molecule has 0 saturated carbocycles. The van der Waals surface area contributed by atoms with E-state index in [-0.39, 0.29) is 18.1 Å². The summed E-state index contributed by atoms with van der Waals surface area (Å²) in [6, 6.07) is 11.4. The van der Waals surface area contributed by atoms with Gasteiger partial charge in [-0.3, -0.25) is 9.59 Å². The van der Waals surface area contributed by atoms with Gasteiger partial charge in [-0.15, -0.1) is 0 Å². The van der Waals surface area contributed by atoms with Crippen molar-refractivity contribution in [1.82, 2.24) is 5.32 Å². The number of rotatable bonds is 6. The van der Waals surface area contributed by atoms with Gasteiger partial charge >= 0.3 is 5.97 Å². The zero-order valence-electron chi connectivity index (χ0n) is 17.4. The zero-order chi connectivity index (χ0) is 23.4. The standard InChI is InChI=1S/C23H19BrN2O7/c1-30-23(29)14-3-2-4-15(11-14)25-21(27)16(26-22(28)18-7-8-20(24)33-18)9-13-5-6-17-19(10-13)32-12-31-17/h2-6,8-11,18H,7,12H2,1H3,(H,25,27)(H,26,28)/b16-9+. The molecule has 2 heterocycles. The number of methoxy groups -OCH3 is 1. The molecule has 0 fully saturated rings. The third kappa shape index (κ3) is 5.35. The van der Waals surface area contributed by atoms with E-state index < -0.39 is 23.9 Å². The van der Waals surface area contributed by atoms with Gasteiger partial charge in [0, 0.05) is 12.1 Å². The Morgan fingerprint density at radius 2 is 1.94 bits per heavy atom. The lowest BCUT2D eigenvalue weighted by Crippen LogP contribution is -2.37. The fourth-order valence-electron chi connectivity index (χ4n) is 3.17. The second-order valence-electron chi connectivity index (χ2n) is 7.04.